The first-order valence-electron chi connectivity index (χ1n) is 8.46. The van der Waals surface area contributed by atoms with Gasteiger partial charge < -0.3 is 20.1 Å². The number of piperidine rings is 1. The van der Waals surface area contributed by atoms with Crippen LogP contribution in [-0.2, 0) is 4.79 Å². The van der Waals surface area contributed by atoms with Gasteiger partial charge in [0.15, 0.2) is 0 Å². The average molecular weight is 320 g/mol. The number of aryl methyl sites for hydroxylation is 1. The molecule has 1 aliphatic heterocycles. The fourth-order valence-electron chi connectivity index (χ4n) is 2.87. The number of aliphatic hydroxyl groups excluding tert-OH is 1. The van der Waals surface area contributed by atoms with E-state index in [2.05, 4.69) is 10.2 Å². The molecule has 0 aromatic heterocycles. The zero-order valence-corrected chi connectivity index (χ0v) is 14.1. The molecule has 1 aliphatic rings. The summed E-state index contributed by atoms with van der Waals surface area (Å²) in [7, 11) is 0. The highest BCUT2D eigenvalue weighted by atomic mass is 16.5. The molecule has 0 aliphatic carbocycles. The zero-order chi connectivity index (χ0) is 16.7. The highest BCUT2D eigenvalue weighted by Crippen LogP contribution is 2.18. The summed E-state index contributed by atoms with van der Waals surface area (Å²) >= 11 is 0. The van der Waals surface area contributed by atoms with E-state index in [1.165, 1.54) is 5.56 Å². The van der Waals surface area contributed by atoms with Crippen molar-refractivity contribution in [2.24, 2.45) is 5.92 Å². The van der Waals surface area contributed by atoms with E-state index in [9.17, 15) is 9.90 Å². The lowest BCUT2D eigenvalue weighted by Crippen LogP contribution is -2.44. The van der Waals surface area contributed by atoms with Crippen LogP contribution in [0, 0.1) is 12.8 Å². The predicted octanol–water partition coefficient (Wildman–Crippen LogP) is 1.58. The number of carbonyl (C=O) groups is 1. The molecule has 1 unspecified atom stereocenters. The van der Waals surface area contributed by atoms with Crippen molar-refractivity contribution in [1.82, 2.24) is 10.2 Å². The number of carbonyl (C=O) groups excluding carboxylic acids is 1. The summed E-state index contributed by atoms with van der Waals surface area (Å²) in [5, 5.41) is 13.0. The first kappa shape index (κ1) is 17.8. The van der Waals surface area contributed by atoms with Gasteiger partial charge in [0.25, 0.3) is 0 Å². The molecule has 0 saturated carbocycles. The van der Waals surface area contributed by atoms with Crippen molar-refractivity contribution >= 4 is 5.91 Å². The Labute approximate surface area is 138 Å². The van der Waals surface area contributed by atoms with Crippen LogP contribution in [0.25, 0.3) is 0 Å². The maximum Gasteiger partial charge on any atom is 0.223 e. The summed E-state index contributed by atoms with van der Waals surface area (Å²) in [5.41, 5.74) is 1.19. The van der Waals surface area contributed by atoms with Crippen LogP contribution in [0.1, 0.15) is 25.3 Å². The Balaban J connectivity index is 1.67. The predicted molar refractivity (Wildman–Crippen MR) is 90.5 cm³/mol. The minimum Gasteiger partial charge on any atom is -0.491 e. The molecular weight excluding hydrogens is 292 g/mol. The van der Waals surface area contributed by atoms with Gasteiger partial charge in [-0.1, -0.05) is 17.7 Å². The number of hydrogen-bond acceptors (Lipinski definition) is 4. The van der Waals surface area contributed by atoms with Crippen LogP contribution in [-0.4, -0.2) is 54.8 Å². The number of likely N-dealkylation sites (tertiary alicyclic amines) is 1. The molecule has 2 rings (SSSR count). The highest BCUT2D eigenvalue weighted by Gasteiger charge is 2.25. The fraction of sp³-hybridized carbons (Fsp3) is 0.611. The molecule has 1 aromatic rings. The Morgan fingerprint density at radius 1 is 1.35 bits per heavy atom. The summed E-state index contributed by atoms with van der Waals surface area (Å²) < 4.78 is 5.61. The van der Waals surface area contributed by atoms with Gasteiger partial charge in [0, 0.05) is 19.0 Å². The van der Waals surface area contributed by atoms with Crippen LogP contribution in [0.4, 0.5) is 0 Å². The Kier molecular flexibility index (Phi) is 6.86. The van der Waals surface area contributed by atoms with Gasteiger partial charge >= 0.3 is 0 Å². The minimum atomic E-state index is -0.516. The van der Waals surface area contributed by atoms with Crippen molar-refractivity contribution < 1.29 is 14.6 Å². The Hall–Kier alpha value is -1.59. The first-order chi connectivity index (χ1) is 11.1. The fourth-order valence-corrected chi connectivity index (χ4v) is 2.87. The van der Waals surface area contributed by atoms with Crippen LogP contribution in [0.3, 0.4) is 0 Å². The number of β-amino-alcohol motifs (C(OH)–C–C–N with tert-alkyl or cyclic N) is 1. The van der Waals surface area contributed by atoms with Gasteiger partial charge in [0.1, 0.15) is 18.5 Å². The van der Waals surface area contributed by atoms with Gasteiger partial charge in [-0.05, 0) is 51.9 Å². The van der Waals surface area contributed by atoms with Gasteiger partial charge in [0.2, 0.25) is 5.91 Å². The van der Waals surface area contributed by atoms with E-state index in [-0.39, 0.29) is 11.8 Å². The zero-order valence-electron chi connectivity index (χ0n) is 14.1. The Morgan fingerprint density at radius 3 is 2.61 bits per heavy atom. The Morgan fingerprint density at radius 2 is 2.00 bits per heavy atom. The molecule has 128 valence electrons. The second kappa shape index (κ2) is 8.89. The second-order valence-electron chi connectivity index (χ2n) is 6.25. The van der Waals surface area contributed by atoms with E-state index in [1.54, 1.807) is 0 Å². The molecule has 1 aromatic carbocycles. The molecule has 5 heteroatoms. The summed E-state index contributed by atoms with van der Waals surface area (Å²) in [6.07, 6.45) is 1.20. The lowest BCUT2D eigenvalue weighted by Gasteiger charge is -2.32. The van der Waals surface area contributed by atoms with Crippen molar-refractivity contribution in [3.8, 4) is 5.75 Å². The van der Waals surface area contributed by atoms with Crippen LogP contribution >= 0.6 is 0 Å². The third kappa shape index (κ3) is 5.84. The lowest BCUT2D eigenvalue weighted by atomic mass is 9.96. The summed E-state index contributed by atoms with van der Waals surface area (Å²) in [5.74, 6) is 1.06. The molecule has 5 nitrogen and oxygen atoms in total. The van der Waals surface area contributed by atoms with Gasteiger partial charge in [-0.25, -0.2) is 0 Å². The molecule has 1 heterocycles. The van der Waals surface area contributed by atoms with Crippen molar-refractivity contribution in [1.29, 1.82) is 0 Å². The van der Waals surface area contributed by atoms with E-state index < -0.39 is 6.10 Å². The van der Waals surface area contributed by atoms with E-state index >= 15 is 0 Å². The van der Waals surface area contributed by atoms with E-state index in [1.807, 2.05) is 38.1 Å². The molecule has 1 saturated heterocycles. The number of benzene rings is 1. The van der Waals surface area contributed by atoms with Crippen LogP contribution in [0.2, 0.25) is 0 Å². The molecule has 0 bridgehead atoms. The Bertz CT molecular complexity index is 482. The SMILES string of the molecule is CCNC(=O)C1CCN(CC(O)COc2ccc(C)cc2)CC1. The average Bonchev–Trinajstić information content (AvgIpc) is 2.55. The number of ether oxygens (including phenoxy) is 1. The molecule has 0 spiro atoms. The van der Waals surface area contributed by atoms with Crippen molar-refractivity contribution in [3.63, 3.8) is 0 Å². The minimum absolute atomic E-state index is 0.118. The van der Waals surface area contributed by atoms with Crippen molar-refractivity contribution in [3.05, 3.63) is 29.8 Å². The topological polar surface area (TPSA) is 61.8 Å². The molecule has 2 N–H and O–H groups in total. The number of hydrogen-bond donors (Lipinski definition) is 2. The number of rotatable bonds is 7. The van der Waals surface area contributed by atoms with Crippen molar-refractivity contribution in [2.75, 3.05) is 32.8 Å². The van der Waals surface area contributed by atoms with Crippen molar-refractivity contribution in [2.45, 2.75) is 32.8 Å². The summed E-state index contributed by atoms with van der Waals surface area (Å²) in [6.45, 7) is 7.24. The summed E-state index contributed by atoms with van der Waals surface area (Å²) in [6, 6.07) is 7.82. The molecular formula is C18H28N2O3. The quantitative estimate of drug-likeness (QED) is 0.801. The number of amides is 1. The smallest absolute Gasteiger partial charge is 0.223 e. The third-order valence-electron chi connectivity index (χ3n) is 4.24. The van der Waals surface area contributed by atoms with Crippen LogP contribution < -0.4 is 10.1 Å². The van der Waals surface area contributed by atoms with Crippen LogP contribution in [0.5, 0.6) is 5.75 Å². The van der Waals surface area contributed by atoms with Gasteiger partial charge in [-0.15, -0.1) is 0 Å². The monoisotopic (exact) mass is 320 g/mol. The molecule has 1 amide bonds. The molecule has 0 radical (unpaired) electrons. The van der Waals surface area contributed by atoms with E-state index in [0.717, 1.165) is 31.7 Å². The van der Waals surface area contributed by atoms with E-state index in [0.29, 0.717) is 19.7 Å². The van der Waals surface area contributed by atoms with Gasteiger partial charge in [-0.2, -0.15) is 0 Å². The maximum absolute atomic E-state index is 11.8. The second-order valence-corrected chi connectivity index (χ2v) is 6.25. The molecule has 1 fully saturated rings. The van der Waals surface area contributed by atoms with Gasteiger partial charge in [0.05, 0.1) is 0 Å². The number of aliphatic hydroxyl groups is 1. The number of nitrogens with zero attached hydrogens (tertiary/aromatic N) is 1. The van der Waals surface area contributed by atoms with Crippen LogP contribution in [0.15, 0.2) is 24.3 Å². The largest absolute Gasteiger partial charge is 0.491 e. The number of nitrogens with one attached hydrogen (secondary N) is 1. The molecule has 23 heavy (non-hydrogen) atoms. The standard InChI is InChI=1S/C18H28N2O3/c1-3-19-18(22)15-8-10-20(11-9-15)12-16(21)13-23-17-6-4-14(2)5-7-17/h4-7,15-16,21H,3,8-13H2,1-2H3,(H,19,22). The van der Waals surface area contributed by atoms with Gasteiger partial charge in [-0.3, -0.25) is 4.79 Å². The highest BCUT2D eigenvalue weighted by molar-refractivity contribution is 5.78. The maximum atomic E-state index is 11.8. The molecule has 1 atom stereocenters. The summed E-state index contributed by atoms with van der Waals surface area (Å²) in [4.78, 5) is 14.0. The van der Waals surface area contributed by atoms with E-state index in [4.69, 9.17) is 4.74 Å². The first-order valence-corrected chi connectivity index (χ1v) is 8.46. The normalized spacial score (nSPS) is 17.7. The third-order valence-corrected chi connectivity index (χ3v) is 4.24. The lowest BCUT2D eigenvalue weighted by molar-refractivity contribution is -0.126.